The first-order chi connectivity index (χ1) is 10.2. The summed E-state index contributed by atoms with van der Waals surface area (Å²) < 4.78 is 2.00. The van der Waals surface area contributed by atoms with Crippen molar-refractivity contribution in [1.29, 1.82) is 0 Å². The molecule has 2 aromatic heterocycles. The van der Waals surface area contributed by atoms with Gasteiger partial charge in [0.15, 0.2) is 0 Å². The number of aryl methyl sites for hydroxylation is 1. The maximum Gasteiger partial charge on any atom is 0.311 e. The van der Waals surface area contributed by atoms with Crippen molar-refractivity contribution in [2.24, 2.45) is 0 Å². The minimum absolute atomic E-state index is 0.0105. The number of rotatable bonds is 8. The summed E-state index contributed by atoms with van der Waals surface area (Å²) in [6, 6.07) is 3.04. The lowest BCUT2D eigenvalue weighted by Crippen LogP contribution is -2.08. The summed E-state index contributed by atoms with van der Waals surface area (Å²) in [5.74, 6) is 0.899. The molecule has 112 valence electrons. The molecule has 0 aromatic carbocycles. The van der Waals surface area contributed by atoms with E-state index in [-0.39, 0.29) is 5.69 Å². The molecule has 0 unspecified atom stereocenters. The largest absolute Gasteiger partial charge is 0.373 e. The maximum atomic E-state index is 11.0. The number of nitrogens with one attached hydrogen (secondary N) is 2. The average Bonchev–Trinajstić information content (AvgIpc) is 2.99. The van der Waals surface area contributed by atoms with E-state index in [0.29, 0.717) is 18.2 Å². The highest BCUT2D eigenvalue weighted by Crippen LogP contribution is 2.23. The monoisotopic (exact) mass is 290 g/mol. The summed E-state index contributed by atoms with van der Waals surface area (Å²) in [7, 11) is 1.73. The summed E-state index contributed by atoms with van der Waals surface area (Å²) in [6.07, 6.45) is 7.28. The van der Waals surface area contributed by atoms with Gasteiger partial charge in [-0.1, -0.05) is 0 Å². The van der Waals surface area contributed by atoms with Crippen molar-refractivity contribution >= 4 is 17.3 Å². The highest BCUT2D eigenvalue weighted by Gasteiger charge is 2.15. The van der Waals surface area contributed by atoms with Crippen LogP contribution in [0.15, 0.2) is 30.9 Å². The summed E-state index contributed by atoms with van der Waals surface area (Å²) in [5.41, 5.74) is -0.0105. The number of hydrogen-bond acceptors (Lipinski definition) is 6. The van der Waals surface area contributed by atoms with Crippen molar-refractivity contribution in [3.63, 3.8) is 0 Å². The first-order valence-corrected chi connectivity index (χ1v) is 6.73. The van der Waals surface area contributed by atoms with Gasteiger partial charge in [-0.05, 0) is 18.9 Å². The van der Waals surface area contributed by atoms with E-state index in [2.05, 4.69) is 20.6 Å². The second-order valence-corrected chi connectivity index (χ2v) is 4.51. The molecule has 0 atom stereocenters. The maximum absolute atomic E-state index is 11.0. The molecule has 0 saturated carbocycles. The smallest absolute Gasteiger partial charge is 0.311 e. The normalized spacial score (nSPS) is 10.3. The average molecular weight is 290 g/mol. The van der Waals surface area contributed by atoms with Crippen LogP contribution in [0, 0.1) is 10.1 Å². The molecule has 0 saturated heterocycles. The molecule has 8 nitrogen and oxygen atoms in total. The Labute approximate surface area is 122 Å². The number of unbranched alkanes of at least 4 members (excludes halogenated alkanes) is 1. The predicted octanol–water partition coefficient (Wildman–Crippen LogP) is 2.12. The molecular weight excluding hydrogens is 272 g/mol. The van der Waals surface area contributed by atoms with E-state index in [1.54, 1.807) is 25.6 Å². The SMILES string of the molecule is CNc1ccc([N+](=O)[O-])c(NCCCCn2ccnc2)n1. The molecular formula is C13H18N6O2. The van der Waals surface area contributed by atoms with Gasteiger partial charge in [-0.15, -0.1) is 0 Å². The molecule has 0 aliphatic carbocycles. The van der Waals surface area contributed by atoms with E-state index < -0.39 is 4.92 Å². The van der Waals surface area contributed by atoms with E-state index in [0.717, 1.165) is 19.4 Å². The van der Waals surface area contributed by atoms with Crippen LogP contribution in [0.2, 0.25) is 0 Å². The Morgan fingerprint density at radius 2 is 2.24 bits per heavy atom. The zero-order valence-electron chi connectivity index (χ0n) is 11.8. The van der Waals surface area contributed by atoms with Crippen LogP contribution in [0.5, 0.6) is 0 Å². The Morgan fingerprint density at radius 3 is 2.90 bits per heavy atom. The molecule has 0 fully saturated rings. The molecule has 2 aromatic rings. The lowest BCUT2D eigenvalue weighted by atomic mass is 10.3. The number of hydrogen-bond donors (Lipinski definition) is 2. The van der Waals surface area contributed by atoms with Gasteiger partial charge >= 0.3 is 5.69 Å². The second kappa shape index (κ2) is 7.22. The second-order valence-electron chi connectivity index (χ2n) is 4.51. The molecule has 21 heavy (non-hydrogen) atoms. The van der Waals surface area contributed by atoms with Gasteiger partial charge in [-0.2, -0.15) is 0 Å². The van der Waals surface area contributed by atoms with Crippen LogP contribution < -0.4 is 10.6 Å². The number of nitro groups is 1. The first-order valence-electron chi connectivity index (χ1n) is 6.73. The molecule has 0 aliphatic heterocycles. The van der Waals surface area contributed by atoms with Crippen LogP contribution in [0.4, 0.5) is 17.3 Å². The number of pyridine rings is 1. The Bertz CT molecular complexity index is 584. The quantitative estimate of drug-likeness (QED) is 0.439. The molecule has 0 radical (unpaired) electrons. The molecule has 2 N–H and O–H groups in total. The molecule has 0 aliphatic rings. The highest BCUT2D eigenvalue weighted by molar-refractivity contribution is 5.60. The van der Waals surface area contributed by atoms with Crippen LogP contribution in [-0.4, -0.2) is 33.1 Å². The molecule has 0 bridgehead atoms. The third-order valence-corrected chi connectivity index (χ3v) is 3.02. The van der Waals surface area contributed by atoms with Crippen LogP contribution in [0.3, 0.4) is 0 Å². The van der Waals surface area contributed by atoms with Crippen LogP contribution in [0.25, 0.3) is 0 Å². The fourth-order valence-electron chi connectivity index (χ4n) is 1.91. The minimum Gasteiger partial charge on any atom is -0.373 e. The minimum atomic E-state index is -0.430. The summed E-state index contributed by atoms with van der Waals surface area (Å²) in [5, 5.41) is 16.9. The Balaban J connectivity index is 1.85. The third kappa shape index (κ3) is 4.16. The van der Waals surface area contributed by atoms with Crippen molar-refractivity contribution in [1.82, 2.24) is 14.5 Å². The van der Waals surface area contributed by atoms with Crippen molar-refractivity contribution in [3.8, 4) is 0 Å². The number of anilines is 2. The van der Waals surface area contributed by atoms with Gasteiger partial charge in [0.05, 0.1) is 11.3 Å². The first kappa shape index (κ1) is 14.8. The Kier molecular flexibility index (Phi) is 5.08. The molecule has 2 heterocycles. The third-order valence-electron chi connectivity index (χ3n) is 3.02. The van der Waals surface area contributed by atoms with Gasteiger partial charge in [0.2, 0.25) is 5.82 Å². The molecule has 0 spiro atoms. The van der Waals surface area contributed by atoms with Gasteiger partial charge in [0.25, 0.3) is 0 Å². The lowest BCUT2D eigenvalue weighted by molar-refractivity contribution is -0.384. The van der Waals surface area contributed by atoms with E-state index >= 15 is 0 Å². The van der Waals surface area contributed by atoms with Gasteiger partial charge in [0.1, 0.15) is 5.82 Å². The van der Waals surface area contributed by atoms with E-state index in [9.17, 15) is 10.1 Å². The van der Waals surface area contributed by atoms with Crippen molar-refractivity contribution in [2.45, 2.75) is 19.4 Å². The van der Waals surface area contributed by atoms with E-state index in [4.69, 9.17) is 0 Å². The number of imidazole rings is 1. The Morgan fingerprint density at radius 1 is 1.38 bits per heavy atom. The number of nitrogens with zero attached hydrogens (tertiary/aromatic N) is 4. The summed E-state index contributed by atoms with van der Waals surface area (Å²) in [4.78, 5) is 18.7. The van der Waals surface area contributed by atoms with Gasteiger partial charge in [0, 0.05) is 38.6 Å². The van der Waals surface area contributed by atoms with Gasteiger partial charge < -0.3 is 15.2 Å². The van der Waals surface area contributed by atoms with Crippen LogP contribution in [-0.2, 0) is 6.54 Å². The lowest BCUT2D eigenvalue weighted by Gasteiger charge is -2.08. The number of aromatic nitrogens is 3. The van der Waals surface area contributed by atoms with E-state index in [1.807, 2.05) is 10.8 Å². The van der Waals surface area contributed by atoms with Crippen LogP contribution >= 0.6 is 0 Å². The predicted molar refractivity (Wildman–Crippen MR) is 80.4 cm³/mol. The standard InChI is InChI=1S/C13H18N6O2/c1-14-12-5-4-11(19(20)21)13(17-12)16-6-2-3-8-18-9-7-15-10-18/h4-5,7,9-10H,2-3,6,8H2,1H3,(H2,14,16,17). The van der Waals surface area contributed by atoms with Gasteiger partial charge in [-0.3, -0.25) is 10.1 Å². The fraction of sp³-hybridized carbons (Fsp3) is 0.385. The molecule has 0 amide bonds. The van der Waals surface area contributed by atoms with Crippen molar-refractivity contribution in [3.05, 3.63) is 41.0 Å². The zero-order valence-corrected chi connectivity index (χ0v) is 11.8. The topological polar surface area (TPSA) is 97.9 Å². The highest BCUT2D eigenvalue weighted by atomic mass is 16.6. The van der Waals surface area contributed by atoms with Crippen molar-refractivity contribution in [2.75, 3.05) is 24.2 Å². The molecule has 8 heteroatoms. The Hall–Kier alpha value is -2.64. The van der Waals surface area contributed by atoms with Gasteiger partial charge in [-0.25, -0.2) is 9.97 Å². The summed E-state index contributed by atoms with van der Waals surface area (Å²) >= 11 is 0. The summed E-state index contributed by atoms with van der Waals surface area (Å²) in [6.45, 7) is 1.52. The van der Waals surface area contributed by atoms with Crippen molar-refractivity contribution < 1.29 is 4.92 Å². The van der Waals surface area contributed by atoms with Crippen LogP contribution in [0.1, 0.15) is 12.8 Å². The zero-order chi connectivity index (χ0) is 15.1. The molecule has 2 rings (SSSR count). The fourth-order valence-corrected chi connectivity index (χ4v) is 1.91. The van der Waals surface area contributed by atoms with E-state index in [1.165, 1.54) is 6.07 Å².